The van der Waals surface area contributed by atoms with Crippen molar-refractivity contribution in [2.75, 3.05) is 26.2 Å². The number of aromatic nitrogens is 2. The summed E-state index contributed by atoms with van der Waals surface area (Å²) in [5.74, 6) is -1.46. The number of carbonyl (C=O) groups excluding carboxylic acids is 1. The van der Waals surface area contributed by atoms with Crippen LogP contribution in [-0.2, 0) is 20.2 Å². The van der Waals surface area contributed by atoms with Gasteiger partial charge in [0, 0.05) is 63.2 Å². The summed E-state index contributed by atoms with van der Waals surface area (Å²) in [4.78, 5) is 17.2. The van der Waals surface area contributed by atoms with Crippen molar-refractivity contribution in [2.24, 2.45) is 7.05 Å². The Kier molecular flexibility index (Phi) is 6.50. The topological polar surface area (TPSA) is 50.6 Å². The summed E-state index contributed by atoms with van der Waals surface area (Å²) in [5.41, 5.74) is 3.55. The molecule has 3 aromatic rings. The van der Waals surface area contributed by atoms with Crippen LogP contribution in [0, 0.1) is 18.6 Å². The van der Waals surface area contributed by atoms with Crippen LogP contribution in [0.3, 0.4) is 0 Å². The van der Waals surface area contributed by atoms with Crippen LogP contribution in [0.1, 0.15) is 27.2 Å². The smallest absolute Gasteiger partial charge is 0.253 e. The van der Waals surface area contributed by atoms with E-state index in [0.717, 1.165) is 43.0 Å². The summed E-state index contributed by atoms with van der Waals surface area (Å²) >= 11 is 0. The molecule has 0 N–H and O–H groups in total. The molecule has 168 valence electrons. The number of aryl methyl sites for hydroxylation is 2. The molecule has 1 amide bonds. The van der Waals surface area contributed by atoms with E-state index in [0.29, 0.717) is 18.7 Å². The third kappa shape index (κ3) is 5.13. The molecule has 0 bridgehead atoms. The van der Waals surface area contributed by atoms with E-state index in [4.69, 9.17) is 4.74 Å². The highest BCUT2D eigenvalue weighted by molar-refractivity contribution is 5.94. The summed E-state index contributed by atoms with van der Waals surface area (Å²) in [6, 6.07) is 10.3. The molecule has 1 aliphatic rings. The van der Waals surface area contributed by atoms with Crippen LogP contribution in [0.4, 0.5) is 8.78 Å². The summed E-state index contributed by atoms with van der Waals surface area (Å²) in [5, 5.41) is 4.39. The Balaban J connectivity index is 1.33. The van der Waals surface area contributed by atoms with Crippen LogP contribution in [0.5, 0.6) is 5.75 Å². The molecule has 6 nitrogen and oxygen atoms in total. The van der Waals surface area contributed by atoms with Crippen LogP contribution >= 0.6 is 0 Å². The van der Waals surface area contributed by atoms with Gasteiger partial charge >= 0.3 is 0 Å². The van der Waals surface area contributed by atoms with Crippen molar-refractivity contribution in [3.05, 3.63) is 82.7 Å². The first-order valence-corrected chi connectivity index (χ1v) is 10.6. The van der Waals surface area contributed by atoms with Gasteiger partial charge in [-0.15, -0.1) is 0 Å². The normalized spacial score (nSPS) is 14.6. The Hall–Kier alpha value is -3.26. The summed E-state index contributed by atoms with van der Waals surface area (Å²) in [6.07, 6.45) is 2.04. The minimum absolute atomic E-state index is 0.0249. The predicted octanol–water partition coefficient (Wildman–Crippen LogP) is 3.54. The largest absolute Gasteiger partial charge is 0.486 e. The maximum Gasteiger partial charge on any atom is 0.253 e. The highest BCUT2D eigenvalue weighted by Gasteiger charge is 2.23. The van der Waals surface area contributed by atoms with Gasteiger partial charge in [0.25, 0.3) is 5.91 Å². The van der Waals surface area contributed by atoms with Crippen molar-refractivity contribution in [2.45, 2.75) is 20.1 Å². The van der Waals surface area contributed by atoms with Crippen molar-refractivity contribution in [1.29, 1.82) is 0 Å². The molecular weight excluding hydrogens is 414 g/mol. The lowest BCUT2D eigenvalue weighted by molar-refractivity contribution is 0.0628. The number of nitrogens with zero attached hydrogens (tertiary/aromatic N) is 4. The number of piperazine rings is 1. The molecule has 0 unspecified atom stereocenters. The van der Waals surface area contributed by atoms with E-state index in [1.807, 2.05) is 35.8 Å². The quantitative estimate of drug-likeness (QED) is 0.588. The predicted molar refractivity (Wildman–Crippen MR) is 116 cm³/mol. The fraction of sp³-hybridized carbons (Fsp3) is 0.333. The van der Waals surface area contributed by atoms with Crippen LogP contribution in [0.2, 0.25) is 0 Å². The second-order valence-corrected chi connectivity index (χ2v) is 8.05. The van der Waals surface area contributed by atoms with Crippen LogP contribution in [0.25, 0.3) is 0 Å². The lowest BCUT2D eigenvalue weighted by Crippen LogP contribution is -2.48. The zero-order chi connectivity index (χ0) is 22.7. The maximum absolute atomic E-state index is 13.8. The third-order valence-corrected chi connectivity index (χ3v) is 5.63. The van der Waals surface area contributed by atoms with Gasteiger partial charge in [-0.1, -0.05) is 12.1 Å². The lowest BCUT2D eigenvalue weighted by atomic mass is 10.1. The Morgan fingerprint density at radius 2 is 1.88 bits per heavy atom. The molecule has 2 aromatic carbocycles. The van der Waals surface area contributed by atoms with Crippen LogP contribution in [0.15, 0.2) is 48.7 Å². The first-order valence-electron chi connectivity index (χ1n) is 10.6. The van der Waals surface area contributed by atoms with Crippen molar-refractivity contribution in [3.8, 4) is 5.75 Å². The summed E-state index contributed by atoms with van der Waals surface area (Å²) in [7, 11) is 1.92. The summed E-state index contributed by atoms with van der Waals surface area (Å²) in [6.45, 7) is 5.82. The second-order valence-electron chi connectivity index (χ2n) is 8.05. The highest BCUT2D eigenvalue weighted by atomic mass is 19.1. The summed E-state index contributed by atoms with van der Waals surface area (Å²) < 4.78 is 34.1. The molecule has 0 radical (unpaired) electrons. The van der Waals surface area contributed by atoms with Crippen LogP contribution < -0.4 is 4.74 Å². The molecule has 2 heterocycles. The van der Waals surface area contributed by atoms with Gasteiger partial charge in [-0.05, 0) is 36.8 Å². The second kappa shape index (κ2) is 9.48. The molecule has 0 spiro atoms. The number of halogens is 2. The SMILES string of the molecule is Cc1nn(C)cc1CN1CCN(C(=O)c2cccc(COc3ccc(F)cc3F)c2)CC1. The molecule has 0 saturated carbocycles. The number of benzene rings is 2. The van der Waals surface area contributed by atoms with Crippen molar-refractivity contribution >= 4 is 5.91 Å². The van der Waals surface area contributed by atoms with Crippen molar-refractivity contribution in [3.63, 3.8) is 0 Å². The molecule has 1 saturated heterocycles. The molecule has 1 aromatic heterocycles. The third-order valence-electron chi connectivity index (χ3n) is 5.63. The number of hydrogen-bond acceptors (Lipinski definition) is 4. The highest BCUT2D eigenvalue weighted by Crippen LogP contribution is 2.20. The zero-order valence-corrected chi connectivity index (χ0v) is 18.2. The molecule has 8 heteroatoms. The van der Waals surface area contributed by atoms with E-state index in [-0.39, 0.29) is 18.3 Å². The van der Waals surface area contributed by atoms with Gasteiger partial charge in [-0.3, -0.25) is 14.4 Å². The maximum atomic E-state index is 13.8. The molecule has 0 atom stereocenters. The van der Waals surface area contributed by atoms with E-state index in [9.17, 15) is 13.6 Å². The number of rotatable bonds is 6. The average molecular weight is 440 g/mol. The minimum Gasteiger partial charge on any atom is -0.486 e. The molecule has 4 rings (SSSR count). The Morgan fingerprint density at radius 3 is 2.56 bits per heavy atom. The lowest BCUT2D eigenvalue weighted by Gasteiger charge is -2.34. The first kappa shape index (κ1) is 22.0. The van der Waals surface area contributed by atoms with Crippen molar-refractivity contribution < 1.29 is 18.3 Å². The molecule has 0 aliphatic carbocycles. The Morgan fingerprint density at radius 1 is 1.09 bits per heavy atom. The Labute approximate surface area is 186 Å². The van der Waals surface area contributed by atoms with Gasteiger partial charge in [-0.2, -0.15) is 5.10 Å². The fourth-order valence-corrected chi connectivity index (χ4v) is 3.88. The van der Waals surface area contributed by atoms with E-state index in [2.05, 4.69) is 10.00 Å². The molecule has 1 fully saturated rings. The number of amides is 1. The fourth-order valence-electron chi connectivity index (χ4n) is 3.88. The van der Waals surface area contributed by atoms with E-state index in [1.165, 1.54) is 11.6 Å². The Bertz CT molecular complexity index is 1110. The molecule has 1 aliphatic heterocycles. The van der Waals surface area contributed by atoms with Gasteiger partial charge in [0.15, 0.2) is 11.6 Å². The molecular formula is C24H26F2N4O2. The van der Waals surface area contributed by atoms with Crippen molar-refractivity contribution in [1.82, 2.24) is 19.6 Å². The van der Waals surface area contributed by atoms with Gasteiger partial charge < -0.3 is 9.64 Å². The van der Waals surface area contributed by atoms with E-state index >= 15 is 0 Å². The van der Waals surface area contributed by atoms with Gasteiger partial charge in [0.2, 0.25) is 0 Å². The standard InChI is InChI=1S/C24H26F2N4O2/c1-17-20(14-28(2)27-17)15-29-8-10-30(11-9-29)24(31)19-5-3-4-18(12-19)16-32-23-7-6-21(25)13-22(23)26/h3-7,12-14H,8-11,15-16H2,1-2H3. The van der Waals surface area contributed by atoms with E-state index in [1.54, 1.807) is 18.2 Å². The minimum atomic E-state index is -0.753. The molecule has 32 heavy (non-hydrogen) atoms. The monoisotopic (exact) mass is 440 g/mol. The number of hydrogen-bond donors (Lipinski definition) is 0. The average Bonchev–Trinajstić information content (AvgIpc) is 3.10. The number of carbonyl (C=O) groups is 1. The van der Waals surface area contributed by atoms with Crippen LogP contribution in [-0.4, -0.2) is 51.7 Å². The van der Waals surface area contributed by atoms with Gasteiger partial charge in [-0.25, -0.2) is 8.78 Å². The van der Waals surface area contributed by atoms with E-state index < -0.39 is 11.6 Å². The van der Waals surface area contributed by atoms with Gasteiger partial charge in [0.1, 0.15) is 12.4 Å². The first-order chi connectivity index (χ1) is 15.4. The zero-order valence-electron chi connectivity index (χ0n) is 18.2. The van der Waals surface area contributed by atoms with Gasteiger partial charge in [0.05, 0.1) is 5.69 Å². The number of ether oxygens (including phenoxy) is 1.